The van der Waals surface area contributed by atoms with Crippen molar-refractivity contribution in [3.63, 3.8) is 0 Å². The summed E-state index contributed by atoms with van der Waals surface area (Å²) in [6.45, 7) is 18.4. The van der Waals surface area contributed by atoms with E-state index in [2.05, 4.69) is 30.6 Å². The summed E-state index contributed by atoms with van der Waals surface area (Å²) in [5, 5.41) is 12.7. The van der Waals surface area contributed by atoms with E-state index in [1.165, 1.54) is 57.6 Å². The molecule has 0 aromatic rings. The van der Waals surface area contributed by atoms with Crippen LogP contribution in [0, 0.1) is 23.7 Å². The molecule has 6 heteroatoms. The molecule has 168 valence electrons. The van der Waals surface area contributed by atoms with Gasteiger partial charge in [-0.25, -0.2) is 0 Å². The molecule has 0 aromatic heterocycles. The number of carbonyl (C=O) groups excluding carboxylic acids is 1. The van der Waals surface area contributed by atoms with E-state index in [1.807, 2.05) is 13.8 Å². The van der Waals surface area contributed by atoms with E-state index in [-0.39, 0.29) is 17.9 Å². The van der Waals surface area contributed by atoms with Crippen LogP contribution in [-0.2, 0) is 4.79 Å². The quantitative estimate of drug-likeness (QED) is 0.649. The molecule has 3 rings (SSSR count). The number of hydrogen-bond donors (Lipinski definition) is 3. The van der Waals surface area contributed by atoms with E-state index in [0.29, 0.717) is 19.0 Å². The largest absolute Gasteiger partial charge is 0.390 e. The molecule has 0 radical (unpaired) electrons. The van der Waals surface area contributed by atoms with Gasteiger partial charge in [-0.15, -0.1) is 0 Å². The molecule has 0 aromatic carbocycles. The molecular weight excluding hydrogens is 364 g/mol. The lowest BCUT2D eigenvalue weighted by atomic mass is 9.84. The topological polar surface area (TPSA) is 81.8 Å². The summed E-state index contributed by atoms with van der Waals surface area (Å²) in [7, 11) is 0. The number of amides is 1. The third-order valence-electron chi connectivity index (χ3n) is 7.00. The molecule has 3 fully saturated rings. The number of aliphatic hydroxyl groups excluding tert-OH is 1. The number of hydrogen-bond acceptors (Lipinski definition) is 5. The van der Waals surface area contributed by atoms with Gasteiger partial charge in [-0.1, -0.05) is 34.3 Å². The van der Waals surface area contributed by atoms with E-state index in [9.17, 15) is 9.90 Å². The Hall–Kier alpha value is -1.11. The fourth-order valence-corrected chi connectivity index (χ4v) is 4.65. The van der Waals surface area contributed by atoms with Gasteiger partial charge in [0.1, 0.15) is 0 Å². The summed E-state index contributed by atoms with van der Waals surface area (Å²) < 4.78 is 0. The third-order valence-corrected chi connectivity index (χ3v) is 7.00. The molecule has 0 saturated carbocycles. The van der Waals surface area contributed by atoms with Gasteiger partial charge in [0.15, 0.2) is 0 Å². The number of rotatable bonds is 5. The monoisotopic (exact) mass is 408 g/mol. The molecule has 3 saturated heterocycles. The fourth-order valence-electron chi connectivity index (χ4n) is 4.65. The molecule has 6 nitrogen and oxygen atoms in total. The number of nitrogens with one attached hydrogen (secondary N) is 1. The summed E-state index contributed by atoms with van der Waals surface area (Å²) in [4.78, 5) is 15.6. The highest BCUT2D eigenvalue weighted by molar-refractivity contribution is 5.78. The molecule has 0 aliphatic carbocycles. The Kier molecular flexibility index (Phi) is 9.44. The van der Waals surface area contributed by atoms with Gasteiger partial charge in [0.25, 0.3) is 0 Å². The Labute approximate surface area is 177 Å². The first kappa shape index (κ1) is 24.2. The second-order valence-electron chi connectivity index (χ2n) is 9.51. The number of nitrogens with two attached hydrogens (primary N) is 1. The smallest absolute Gasteiger partial charge is 0.225 e. The normalized spacial score (nSPS) is 29.0. The number of nitrogens with zero attached hydrogens (tertiary/aromatic N) is 2. The van der Waals surface area contributed by atoms with Crippen LogP contribution in [0.15, 0.2) is 12.3 Å². The van der Waals surface area contributed by atoms with Crippen molar-refractivity contribution in [2.75, 3.05) is 39.3 Å². The summed E-state index contributed by atoms with van der Waals surface area (Å²) in [6, 6.07) is -0.271. The van der Waals surface area contributed by atoms with E-state index < -0.39 is 6.10 Å². The Morgan fingerprint density at radius 1 is 1.10 bits per heavy atom. The second-order valence-corrected chi connectivity index (χ2v) is 9.51. The second kappa shape index (κ2) is 11.3. The summed E-state index contributed by atoms with van der Waals surface area (Å²) in [5.74, 6) is 2.61. The number of carbonyl (C=O) groups is 1. The first-order valence-electron chi connectivity index (χ1n) is 11.6. The molecule has 0 bridgehead atoms. The van der Waals surface area contributed by atoms with Crippen LogP contribution in [0.2, 0.25) is 0 Å². The minimum atomic E-state index is -0.548. The molecule has 3 heterocycles. The lowest BCUT2D eigenvalue weighted by Crippen LogP contribution is -2.34. The maximum absolute atomic E-state index is 11.4. The highest BCUT2D eigenvalue weighted by atomic mass is 16.3. The van der Waals surface area contributed by atoms with Gasteiger partial charge in [0, 0.05) is 43.8 Å². The first-order valence-corrected chi connectivity index (χ1v) is 11.6. The van der Waals surface area contributed by atoms with Crippen molar-refractivity contribution in [1.82, 2.24) is 15.1 Å². The third kappa shape index (κ3) is 6.69. The molecule has 1 amide bonds. The zero-order valence-electron chi connectivity index (χ0n) is 19.1. The Balaban J connectivity index is 0.000000221. The van der Waals surface area contributed by atoms with Gasteiger partial charge in [0.05, 0.1) is 6.10 Å². The van der Waals surface area contributed by atoms with Crippen molar-refractivity contribution in [3.05, 3.63) is 12.3 Å². The minimum Gasteiger partial charge on any atom is -0.390 e. The summed E-state index contributed by atoms with van der Waals surface area (Å²) in [6.07, 6.45) is 4.82. The molecule has 4 unspecified atom stereocenters. The average Bonchev–Trinajstić information content (AvgIpc) is 3.34. The van der Waals surface area contributed by atoms with Crippen LogP contribution in [-0.4, -0.2) is 72.2 Å². The van der Waals surface area contributed by atoms with Crippen LogP contribution in [0.5, 0.6) is 0 Å². The van der Waals surface area contributed by atoms with Gasteiger partial charge >= 0.3 is 0 Å². The number of β-amino-alcohol motifs (C(OH)–C–C–N with tert-alkyl or cyclic N) is 1. The van der Waals surface area contributed by atoms with Gasteiger partial charge in [-0.3, -0.25) is 4.79 Å². The molecule has 0 spiro atoms. The summed E-state index contributed by atoms with van der Waals surface area (Å²) >= 11 is 0. The minimum absolute atomic E-state index is 0.0116. The van der Waals surface area contributed by atoms with Crippen molar-refractivity contribution in [1.29, 1.82) is 0 Å². The molecule has 3 aliphatic rings. The predicted octanol–water partition coefficient (Wildman–Crippen LogP) is 2.04. The van der Waals surface area contributed by atoms with E-state index in [1.54, 1.807) is 4.90 Å². The van der Waals surface area contributed by atoms with Crippen LogP contribution in [0.1, 0.15) is 53.4 Å². The highest BCUT2D eigenvalue weighted by Gasteiger charge is 2.32. The van der Waals surface area contributed by atoms with Gasteiger partial charge in [-0.2, -0.15) is 0 Å². The zero-order valence-corrected chi connectivity index (χ0v) is 19.1. The van der Waals surface area contributed by atoms with Crippen LogP contribution in [0.3, 0.4) is 0 Å². The number of likely N-dealkylation sites (tertiary alicyclic amines) is 2. The van der Waals surface area contributed by atoms with Crippen molar-refractivity contribution < 1.29 is 9.90 Å². The Morgan fingerprint density at radius 2 is 1.76 bits per heavy atom. The lowest BCUT2D eigenvalue weighted by Gasteiger charge is -2.30. The van der Waals surface area contributed by atoms with Gasteiger partial charge < -0.3 is 26.0 Å². The van der Waals surface area contributed by atoms with Crippen LogP contribution >= 0.6 is 0 Å². The first-order chi connectivity index (χ1) is 13.7. The predicted molar refractivity (Wildman–Crippen MR) is 119 cm³/mol. The highest BCUT2D eigenvalue weighted by Crippen LogP contribution is 2.33. The van der Waals surface area contributed by atoms with Crippen molar-refractivity contribution >= 4 is 5.91 Å². The number of aliphatic hydroxyl groups is 1. The fraction of sp³-hybridized carbons (Fsp3) is 0.870. The SMILES string of the molecule is C=C(C(C)CC)N1CCC(C2CCNCC2)C1.CC(C)C(=O)N1CC(N)C(O)C1. The van der Waals surface area contributed by atoms with Crippen molar-refractivity contribution in [3.8, 4) is 0 Å². The van der Waals surface area contributed by atoms with E-state index >= 15 is 0 Å². The van der Waals surface area contributed by atoms with Crippen LogP contribution < -0.4 is 11.1 Å². The Bertz CT molecular complexity index is 523. The van der Waals surface area contributed by atoms with Crippen LogP contribution in [0.4, 0.5) is 0 Å². The zero-order chi connectivity index (χ0) is 21.6. The Morgan fingerprint density at radius 3 is 2.28 bits per heavy atom. The lowest BCUT2D eigenvalue weighted by molar-refractivity contribution is -0.133. The maximum Gasteiger partial charge on any atom is 0.225 e. The summed E-state index contributed by atoms with van der Waals surface area (Å²) in [5.41, 5.74) is 6.94. The molecule has 4 N–H and O–H groups in total. The van der Waals surface area contributed by atoms with E-state index in [0.717, 1.165) is 11.8 Å². The standard InChI is InChI=1S/C15H28N2.C8H16N2O2/c1-4-12(2)13(3)17-10-7-15(11-17)14-5-8-16-9-6-14;1-5(2)8(12)10-3-6(9)7(11)4-10/h12,14-16H,3-11H2,1-2H3;5-7,11H,3-4,9H2,1-2H3. The number of allylic oxidation sites excluding steroid dienone is 1. The van der Waals surface area contributed by atoms with Crippen molar-refractivity contribution in [2.45, 2.75) is 65.5 Å². The maximum atomic E-state index is 11.4. The van der Waals surface area contributed by atoms with Crippen LogP contribution in [0.25, 0.3) is 0 Å². The van der Waals surface area contributed by atoms with Gasteiger partial charge in [-0.05, 0) is 56.5 Å². The molecule has 29 heavy (non-hydrogen) atoms. The molecule has 4 atom stereocenters. The molecule has 3 aliphatic heterocycles. The van der Waals surface area contributed by atoms with Gasteiger partial charge in [0.2, 0.25) is 5.91 Å². The van der Waals surface area contributed by atoms with E-state index in [4.69, 9.17) is 5.73 Å². The molecular formula is C23H44N4O2. The average molecular weight is 409 g/mol. The van der Waals surface area contributed by atoms with Crippen molar-refractivity contribution in [2.24, 2.45) is 29.4 Å². The number of piperidine rings is 1.